The molecule has 1 aromatic carbocycles. The highest BCUT2D eigenvalue weighted by Crippen LogP contribution is 2.22. The van der Waals surface area contributed by atoms with Gasteiger partial charge in [0.1, 0.15) is 0 Å². The Kier molecular flexibility index (Phi) is 4.40. The standard InChI is InChI=1S/C15H20N4O/c1-12-5-6-13(11-14(12)18(2)3)17-15(20)7-10-19-9-4-8-16-19/h4-6,8-9,11H,7,10H2,1-3H3,(H,17,20). The van der Waals surface area contributed by atoms with Crippen molar-refractivity contribution in [3.8, 4) is 0 Å². The lowest BCUT2D eigenvalue weighted by Crippen LogP contribution is -2.16. The molecule has 0 aliphatic carbocycles. The first-order chi connectivity index (χ1) is 9.56. The summed E-state index contributed by atoms with van der Waals surface area (Å²) in [5, 5.41) is 6.99. The fourth-order valence-electron chi connectivity index (χ4n) is 2.04. The van der Waals surface area contributed by atoms with E-state index in [1.807, 2.05) is 49.5 Å². The molecule has 0 radical (unpaired) electrons. The number of aryl methyl sites for hydroxylation is 2. The van der Waals surface area contributed by atoms with Gasteiger partial charge in [0, 0.05) is 50.8 Å². The van der Waals surface area contributed by atoms with Crippen LogP contribution in [0.1, 0.15) is 12.0 Å². The molecule has 5 heteroatoms. The first-order valence-corrected chi connectivity index (χ1v) is 6.61. The van der Waals surface area contributed by atoms with Crippen LogP contribution < -0.4 is 10.2 Å². The van der Waals surface area contributed by atoms with Crippen molar-refractivity contribution in [2.45, 2.75) is 19.9 Å². The molecule has 5 nitrogen and oxygen atoms in total. The second kappa shape index (κ2) is 6.23. The largest absolute Gasteiger partial charge is 0.377 e. The van der Waals surface area contributed by atoms with Crippen molar-refractivity contribution in [2.24, 2.45) is 0 Å². The van der Waals surface area contributed by atoms with Gasteiger partial charge in [-0.05, 0) is 30.7 Å². The van der Waals surface area contributed by atoms with Crippen molar-refractivity contribution < 1.29 is 4.79 Å². The molecule has 0 aliphatic rings. The summed E-state index contributed by atoms with van der Waals surface area (Å²) in [6.45, 7) is 2.64. The van der Waals surface area contributed by atoms with E-state index in [0.29, 0.717) is 13.0 Å². The predicted molar refractivity (Wildman–Crippen MR) is 81.0 cm³/mol. The van der Waals surface area contributed by atoms with Crippen LogP contribution in [0.4, 0.5) is 11.4 Å². The average Bonchev–Trinajstić information content (AvgIpc) is 2.91. The average molecular weight is 272 g/mol. The van der Waals surface area contributed by atoms with E-state index in [-0.39, 0.29) is 5.91 Å². The normalized spacial score (nSPS) is 10.3. The Bertz CT molecular complexity index is 576. The molecule has 0 aliphatic heterocycles. The van der Waals surface area contributed by atoms with E-state index in [9.17, 15) is 4.79 Å². The summed E-state index contributed by atoms with van der Waals surface area (Å²) in [5.41, 5.74) is 3.11. The van der Waals surface area contributed by atoms with Crippen LogP contribution in [0.3, 0.4) is 0 Å². The lowest BCUT2D eigenvalue weighted by molar-refractivity contribution is -0.116. The number of nitrogens with one attached hydrogen (secondary N) is 1. The fourth-order valence-corrected chi connectivity index (χ4v) is 2.04. The minimum atomic E-state index is -0.00550. The van der Waals surface area contributed by atoms with Gasteiger partial charge >= 0.3 is 0 Å². The Morgan fingerprint density at radius 3 is 2.85 bits per heavy atom. The van der Waals surface area contributed by atoms with Gasteiger partial charge in [-0.2, -0.15) is 5.10 Å². The monoisotopic (exact) mass is 272 g/mol. The van der Waals surface area contributed by atoms with Crippen LogP contribution in [0, 0.1) is 6.92 Å². The van der Waals surface area contributed by atoms with Crippen molar-refractivity contribution >= 4 is 17.3 Å². The van der Waals surface area contributed by atoms with Crippen LogP contribution in [0.15, 0.2) is 36.7 Å². The SMILES string of the molecule is Cc1ccc(NC(=O)CCn2cccn2)cc1N(C)C. The number of amides is 1. The number of rotatable bonds is 5. The van der Waals surface area contributed by atoms with Crippen molar-refractivity contribution in [3.63, 3.8) is 0 Å². The molecule has 1 amide bonds. The molecule has 1 heterocycles. The van der Waals surface area contributed by atoms with E-state index < -0.39 is 0 Å². The molecule has 106 valence electrons. The molecular formula is C15H20N4O. The van der Waals surface area contributed by atoms with E-state index in [1.54, 1.807) is 10.9 Å². The van der Waals surface area contributed by atoms with Gasteiger partial charge in [-0.25, -0.2) is 0 Å². The van der Waals surface area contributed by atoms with Gasteiger partial charge in [0.15, 0.2) is 0 Å². The summed E-state index contributed by atoms with van der Waals surface area (Å²) < 4.78 is 1.75. The molecule has 0 saturated carbocycles. The van der Waals surface area contributed by atoms with E-state index in [0.717, 1.165) is 11.4 Å². The fraction of sp³-hybridized carbons (Fsp3) is 0.333. The first-order valence-electron chi connectivity index (χ1n) is 6.61. The molecule has 0 spiro atoms. The summed E-state index contributed by atoms with van der Waals surface area (Å²) in [7, 11) is 3.98. The Morgan fingerprint density at radius 1 is 1.40 bits per heavy atom. The van der Waals surface area contributed by atoms with Gasteiger partial charge in [-0.1, -0.05) is 6.07 Å². The summed E-state index contributed by atoms with van der Waals surface area (Å²) >= 11 is 0. The third-order valence-corrected chi connectivity index (χ3v) is 3.10. The number of carbonyl (C=O) groups excluding carboxylic acids is 1. The maximum Gasteiger partial charge on any atom is 0.226 e. The zero-order valence-electron chi connectivity index (χ0n) is 12.1. The summed E-state index contributed by atoms with van der Waals surface area (Å²) in [4.78, 5) is 13.9. The zero-order chi connectivity index (χ0) is 14.5. The van der Waals surface area contributed by atoms with Crippen LogP contribution in [0.2, 0.25) is 0 Å². The minimum Gasteiger partial charge on any atom is -0.377 e. The second-order valence-corrected chi connectivity index (χ2v) is 4.96. The Balaban J connectivity index is 1.95. The van der Waals surface area contributed by atoms with Gasteiger partial charge in [0.05, 0.1) is 0 Å². The van der Waals surface area contributed by atoms with Crippen LogP contribution in [-0.2, 0) is 11.3 Å². The molecule has 0 fully saturated rings. The molecule has 1 N–H and O–H groups in total. The van der Waals surface area contributed by atoms with E-state index in [2.05, 4.69) is 17.3 Å². The number of hydrogen-bond acceptors (Lipinski definition) is 3. The molecule has 0 saturated heterocycles. The Morgan fingerprint density at radius 2 is 2.20 bits per heavy atom. The lowest BCUT2D eigenvalue weighted by Gasteiger charge is -2.17. The number of nitrogens with zero attached hydrogens (tertiary/aromatic N) is 3. The quantitative estimate of drug-likeness (QED) is 0.908. The van der Waals surface area contributed by atoms with Gasteiger partial charge in [-0.15, -0.1) is 0 Å². The topological polar surface area (TPSA) is 50.2 Å². The van der Waals surface area contributed by atoms with Gasteiger partial charge < -0.3 is 10.2 Å². The van der Waals surface area contributed by atoms with Crippen molar-refractivity contribution in [1.82, 2.24) is 9.78 Å². The number of aromatic nitrogens is 2. The third-order valence-electron chi connectivity index (χ3n) is 3.10. The van der Waals surface area contributed by atoms with Crippen molar-refractivity contribution in [2.75, 3.05) is 24.3 Å². The molecule has 0 unspecified atom stereocenters. The van der Waals surface area contributed by atoms with E-state index >= 15 is 0 Å². The van der Waals surface area contributed by atoms with Crippen LogP contribution >= 0.6 is 0 Å². The molecule has 1 aromatic heterocycles. The highest BCUT2D eigenvalue weighted by Gasteiger charge is 2.06. The number of carbonyl (C=O) groups is 1. The zero-order valence-corrected chi connectivity index (χ0v) is 12.1. The van der Waals surface area contributed by atoms with Crippen LogP contribution in [0.25, 0.3) is 0 Å². The predicted octanol–water partition coefficient (Wildman–Crippen LogP) is 2.29. The van der Waals surface area contributed by atoms with Crippen molar-refractivity contribution in [3.05, 3.63) is 42.2 Å². The molecule has 0 bridgehead atoms. The second-order valence-electron chi connectivity index (χ2n) is 4.96. The van der Waals surface area contributed by atoms with Crippen molar-refractivity contribution in [1.29, 1.82) is 0 Å². The smallest absolute Gasteiger partial charge is 0.226 e. The Labute approximate surface area is 119 Å². The van der Waals surface area contributed by atoms with Gasteiger partial charge in [0.25, 0.3) is 0 Å². The summed E-state index contributed by atoms with van der Waals surface area (Å²) in [6, 6.07) is 7.77. The number of benzene rings is 1. The molecular weight excluding hydrogens is 252 g/mol. The Hall–Kier alpha value is -2.30. The first kappa shape index (κ1) is 14.1. The maximum absolute atomic E-state index is 11.9. The summed E-state index contributed by atoms with van der Waals surface area (Å²) in [5.74, 6) is -0.00550. The van der Waals surface area contributed by atoms with Gasteiger partial charge in [0.2, 0.25) is 5.91 Å². The minimum absolute atomic E-state index is 0.00550. The molecule has 20 heavy (non-hydrogen) atoms. The molecule has 2 rings (SSSR count). The lowest BCUT2D eigenvalue weighted by atomic mass is 10.1. The number of anilines is 2. The highest BCUT2D eigenvalue weighted by molar-refractivity contribution is 5.91. The third kappa shape index (κ3) is 3.60. The van der Waals surface area contributed by atoms with E-state index in [4.69, 9.17) is 0 Å². The highest BCUT2D eigenvalue weighted by atomic mass is 16.1. The maximum atomic E-state index is 11.9. The van der Waals surface area contributed by atoms with Crippen LogP contribution in [0.5, 0.6) is 0 Å². The number of hydrogen-bond donors (Lipinski definition) is 1. The molecule has 0 atom stereocenters. The van der Waals surface area contributed by atoms with E-state index in [1.165, 1.54) is 5.56 Å². The van der Waals surface area contributed by atoms with Gasteiger partial charge in [-0.3, -0.25) is 9.48 Å². The summed E-state index contributed by atoms with van der Waals surface area (Å²) in [6.07, 6.45) is 3.97. The molecule has 2 aromatic rings. The van der Waals surface area contributed by atoms with Crippen LogP contribution in [-0.4, -0.2) is 29.8 Å².